The van der Waals surface area contributed by atoms with Crippen LogP contribution in [-0.2, 0) is 4.79 Å². The molecule has 0 saturated carbocycles. The molecule has 23 heavy (non-hydrogen) atoms. The zero-order valence-electron chi connectivity index (χ0n) is 13.1. The zero-order chi connectivity index (χ0) is 16.2. The van der Waals surface area contributed by atoms with Crippen molar-refractivity contribution in [2.24, 2.45) is 0 Å². The van der Waals surface area contributed by atoms with E-state index >= 15 is 0 Å². The third-order valence-corrected chi connectivity index (χ3v) is 4.29. The minimum absolute atomic E-state index is 0.185. The van der Waals surface area contributed by atoms with E-state index in [1.807, 2.05) is 47.4 Å². The Morgan fingerprint density at radius 3 is 2.91 bits per heavy atom. The summed E-state index contributed by atoms with van der Waals surface area (Å²) in [4.78, 5) is 18.1. The lowest BCUT2D eigenvalue weighted by molar-refractivity contribution is -0.142. The number of carboxylic acids is 1. The lowest BCUT2D eigenvalue weighted by Crippen LogP contribution is -2.39. The maximum atomic E-state index is 11.6. The lowest BCUT2D eigenvalue weighted by atomic mass is 10.00. The number of likely N-dealkylation sites (tertiary alicyclic amines) is 1. The van der Waals surface area contributed by atoms with Gasteiger partial charge in [0.25, 0.3) is 0 Å². The summed E-state index contributed by atoms with van der Waals surface area (Å²) in [5, 5.41) is 9.54. The summed E-state index contributed by atoms with van der Waals surface area (Å²) in [7, 11) is 1.63. The number of benzene rings is 1. The largest absolute Gasteiger partial charge is 0.497 e. The zero-order valence-corrected chi connectivity index (χ0v) is 13.1. The Bertz CT molecular complexity index is 675. The van der Waals surface area contributed by atoms with Gasteiger partial charge < -0.3 is 9.84 Å². The molecule has 3 rings (SSSR count). The van der Waals surface area contributed by atoms with Gasteiger partial charge in [-0.15, -0.1) is 0 Å². The van der Waals surface area contributed by atoms with E-state index in [1.54, 1.807) is 13.3 Å². The molecule has 120 valence electrons. The number of carbonyl (C=O) groups is 1. The van der Waals surface area contributed by atoms with Gasteiger partial charge in [0.05, 0.1) is 18.8 Å². The minimum atomic E-state index is -0.772. The number of rotatable bonds is 5. The summed E-state index contributed by atoms with van der Waals surface area (Å²) >= 11 is 0. The molecule has 1 N–H and O–H groups in total. The fourth-order valence-corrected chi connectivity index (χ4v) is 3.24. The topological polar surface area (TPSA) is 62.7 Å². The lowest BCUT2D eigenvalue weighted by Gasteiger charge is -2.31. The first-order valence-corrected chi connectivity index (χ1v) is 7.74. The molecule has 2 heterocycles. The van der Waals surface area contributed by atoms with Crippen molar-refractivity contribution < 1.29 is 14.6 Å². The van der Waals surface area contributed by atoms with Gasteiger partial charge in [0.1, 0.15) is 11.8 Å². The quantitative estimate of drug-likeness (QED) is 0.920. The number of nitrogens with zero attached hydrogens (tertiary/aromatic N) is 2. The smallest absolute Gasteiger partial charge is 0.320 e. The first-order valence-electron chi connectivity index (χ1n) is 7.74. The van der Waals surface area contributed by atoms with Crippen LogP contribution in [-0.4, -0.2) is 40.7 Å². The number of carboxylic acid groups (broad SMARTS) is 1. The molecule has 0 bridgehead atoms. The van der Waals surface area contributed by atoms with Crippen LogP contribution >= 0.6 is 0 Å². The van der Waals surface area contributed by atoms with Gasteiger partial charge in [-0.2, -0.15) is 0 Å². The number of aliphatic carboxylic acids is 1. The van der Waals surface area contributed by atoms with Crippen molar-refractivity contribution in [2.45, 2.75) is 24.9 Å². The molecule has 0 spiro atoms. The molecule has 2 unspecified atom stereocenters. The normalized spacial score (nSPS) is 19.4. The molecular formula is C18H20N2O3. The van der Waals surface area contributed by atoms with Crippen molar-refractivity contribution in [3.8, 4) is 5.75 Å². The van der Waals surface area contributed by atoms with Crippen LogP contribution in [0.4, 0.5) is 0 Å². The maximum Gasteiger partial charge on any atom is 0.320 e. The highest BCUT2D eigenvalue weighted by Gasteiger charge is 2.37. The van der Waals surface area contributed by atoms with Gasteiger partial charge >= 0.3 is 5.97 Å². The molecule has 0 aliphatic carbocycles. The fourth-order valence-electron chi connectivity index (χ4n) is 3.24. The Balaban J connectivity index is 2.05. The molecule has 0 amide bonds. The van der Waals surface area contributed by atoms with Crippen molar-refractivity contribution in [1.82, 2.24) is 9.88 Å². The van der Waals surface area contributed by atoms with Crippen LogP contribution in [0.2, 0.25) is 0 Å². The third kappa shape index (κ3) is 3.19. The molecule has 1 aromatic carbocycles. The Morgan fingerprint density at radius 2 is 2.22 bits per heavy atom. The first-order chi connectivity index (χ1) is 11.2. The molecule has 2 atom stereocenters. The van der Waals surface area contributed by atoms with Crippen LogP contribution in [0, 0.1) is 0 Å². The van der Waals surface area contributed by atoms with Crippen LogP contribution in [0.15, 0.2) is 48.7 Å². The van der Waals surface area contributed by atoms with E-state index in [1.165, 1.54) is 0 Å². The van der Waals surface area contributed by atoms with E-state index in [2.05, 4.69) is 4.98 Å². The number of hydrogen-bond donors (Lipinski definition) is 1. The SMILES string of the molecule is COc1cccc(C(c2ccccn2)N2CCCC2C(=O)O)c1. The van der Waals surface area contributed by atoms with Crippen LogP contribution in [0.25, 0.3) is 0 Å². The van der Waals surface area contributed by atoms with Gasteiger partial charge in [-0.05, 0) is 42.7 Å². The Labute approximate surface area is 135 Å². The van der Waals surface area contributed by atoms with Gasteiger partial charge in [-0.1, -0.05) is 18.2 Å². The molecule has 1 aliphatic heterocycles. The van der Waals surface area contributed by atoms with E-state index < -0.39 is 12.0 Å². The predicted octanol–water partition coefficient (Wildman–Crippen LogP) is 2.73. The first kappa shape index (κ1) is 15.5. The molecule has 1 saturated heterocycles. The second-order valence-electron chi connectivity index (χ2n) is 5.67. The Kier molecular flexibility index (Phi) is 4.57. The van der Waals surface area contributed by atoms with E-state index in [0.717, 1.165) is 30.0 Å². The number of hydrogen-bond acceptors (Lipinski definition) is 4. The van der Waals surface area contributed by atoms with Crippen LogP contribution in [0.3, 0.4) is 0 Å². The summed E-state index contributed by atoms with van der Waals surface area (Å²) in [5.74, 6) is -0.0131. The van der Waals surface area contributed by atoms with Crippen molar-refractivity contribution in [1.29, 1.82) is 0 Å². The van der Waals surface area contributed by atoms with Crippen LogP contribution in [0.5, 0.6) is 5.75 Å². The second kappa shape index (κ2) is 6.79. The maximum absolute atomic E-state index is 11.6. The van der Waals surface area contributed by atoms with Crippen LogP contribution < -0.4 is 4.74 Å². The highest BCUT2D eigenvalue weighted by atomic mass is 16.5. The van der Waals surface area contributed by atoms with E-state index in [9.17, 15) is 9.90 Å². The van der Waals surface area contributed by atoms with Gasteiger partial charge in [-0.3, -0.25) is 14.7 Å². The van der Waals surface area contributed by atoms with Crippen molar-refractivity contribution in [3.63, 3.8) is 0 Å². The summed E-state index contributed by atoms with van der Waals surface area (Å²) in [6, 6.07) is 12.8. The highest BCUT2D eigenvalue weighted by molar-refractivity contribution is 5.74. The predicted molar refractivity (Wildman–Crippen MR) is 86.4 cm³/mol. The van der Waals surface area contributed by atoms with Gasteiger partial charge in [-0.25, -0.2) is 0 Å². The summed E-state index contributed by atoms with van der Waals surface area (Å²) in [6.07, 6.45) is 3.29. The molecule has 1 aromatic heterocycles. The van der Waals surface area contributed by atoms with Crippen LogP contribution in [0.1, 0.15) is 30.1 Å². The molecule has 0 radical (unpaired) electrons. The second-order valence-corrected chi connectivity index (χ2v) is 5.67. The minimum Gasteiger partial charge on any atom is -0.497 e. The number of pyridine rings is 1. The Hall–Kier alpha value is -2.40. The number of aromatic nitrogens is 1. The van der Waals surface area contributed by atoms with E-state index in [4.69, 9.17) is 4.74 Å². The van der Waals surface area contributed by atoms with Gasteiger partial charge in [0.15, 0.2) is 0 Å². The van der Waals surface area contributed by atoms with E-state index in [-0.39, 0.29) is 6.04 Å². The number of methoxy groups -OCH3 is 1. The molecule has 1 aliphatic rings. The Morgan fingerprint density at radius 1 is 1.35 bits per heavy atom. The molecule has 5 heteroatoms. The monoisotopic (exact) mass is 312 g/mol. The van der Waals surface area contributed by atoms with Gasteiger partial charge in [0, 0.05) is 12.7 Å². The summed E-state index contributed by atoms with van der Waals surface area (Å²) < 4.78 is 5.32. The number of ether oxygens (including phenoxy) is 1. The summed E-state index contributed by atoms with van der Waals surface area (Å²) in [5.41, 5.74) is 1.85. The molecular weight excluding hydrogens is 292 g/mol. The fraction of sp³-hybridized carbons (Fsp3) is 0.333. The standard InChI is InChI=1S/C18H20N2O3/c1-23-14-7-4-6-13(12-14)17(15-8-2-3-10-19-15)20-11-5-9-16(20)18(21)22/h2-4,6-8,10,12,16-17H,5,9,11H2,1H3,(H,21,22). The highest BCUT2D eigenvalue weighted by Crippen LogP contribution is 2.35. The average Bonchev–Trinajstić information content (AvgIpc) is 3.06. The molecule has 1 fully saturated rings. The van der Waals surface area contributed by atoms with Gasteiger partial charge in [0.2, 0.25) is 0 Å². The molecule has 5 nitrogen and oxygen atoms in total. The summed E-state index contributed by atoms with van der Waals surface area (Å²) in [6.45, 7) is 0.745. The third-order valence-electron chi connectivity index (χ3n) is 4.29. The van der Waals surface area contributed by atoms with Crippen molar-refractivity contribution in [3.05, 3.63) is 59.9 Å². The average molecular weight is 312 g/mol. The molecule has 2 aromatic rings. The van der Waals surface area contributed by atoms with Crippen molar-refractivity contribution >= 4 is 5.97 Å². The van der Waals surface area contributed by atoms with E-state index in [0.29, 0.717) is 6.42 Å². The van der Waals surface area contributed by atoms with Crippen molar-refractivity contribution in [2.75, 3.05) is 13.7 Å².